The van der Waals surface area contributed by atoms with Gasteiger partial charge in [-0.1, -0.05) is 41.9 Å². The van der Waals surface area contributed by atoms with E-state index in [0.717, 1.165) is 22.3 Å². The molecule has 0 fully saturated rings. The smallest absolute Gasteiger partial charge is 0.220 e. The lowest BCUT2D eigenvalue weighted by Crippen LogP contribution is -2.29. The average molecular weight is 355 g/mol. The van der Waals surface area contributed by atoms with Crippen LogP contribution < -0.4 is 10.6 Å². The van der Waals surface area contributed by atoms with Crippen LogP contribution in [0.5, 0.6) is 0 Å². The van der Waals surface area contributed by atoms with Crippen LogP contribution in [0, 0.1) is 0 Å². The molecule has 0 saturated heterocycles. The number of hydrogen-bond donors (Lipinski definition) is 2. The van der Waals surface area contributed by atoms with E-state index in [1.54, 1.807) is 0 Å². The van der Waals surface area contributed by atoms with Crippen molar-refractivity contribution in [2.75, 3.05) is 18.4 Å². The molecule has 25 heavy (non-hydrogen) atoms. The van der Waals surface area contributed by atoms with Gasteiger partial charge in [0.15, 0.2) is 0 Å². The van der Waals surface area contributed by atoms with Gasteiger partial charge >= 0.3 is 0 Å². The maximum Gasteiger partial charge on any atom is 0.220 e. The predicted octanol–water partition coefficient (Wildman–Crippen LogP) is 3.44. The third kappa shape index (κ3) is 4.67. The number of rotatable bonds is 7. The van der Waals surface area contributed by atoms with E-state index in [-0.39, 0.29) is 5.91 Å². The third-order valence-electron chi connectivity index (χ3n) is 3.86. The molecule has 1 heterocycles. The number of para-hydroxylation sites is 1. The van der Waals surface area contributed by atoms with Crippen molar-refractivity contribution >= 4 is 34.2 Å². The first-order valence-corrected chi connectivity index (χ1v) is 8.55. The summed E-state index contributed by atoms with van der Waals surface area (Å²) in [6.45, 7) is 1.12. The molecule has 0 aliphatic heterocycles. The molecule has 0 saturated carbocycles. The summed E-state index contributed by atoms with van der Waals surface area (Å²) in [4.78, 5) is 20.4. The first kappa shape index (κ1) is 17.2. The molecule has 1 amide bonds. The van der Waals surface area contributed by atoms with Gasteiger partial charge in [0, 0.05) is 29.9 Å². The van der Waals surface area contributed by atoms with E-state index in [9.17, 15) is 4.79 Å². The Hall–Kier alpha value is -2.66. The number of nitrogens with one attached hydrogen (secondary N) is 2. The zero-order chi connectivity index (χ0) is 17.5. The minimum Gasteiger partial charge on any atom is -0.368 e. The molecule has 5 nitrogen and oxygen atoms in total. The van der Waals surface area contributed by atoms with Crippen molar-refractivity contribution < 1.29 is 4.79 Å². The van der Waals surface area contributed by atoms with Crippen LogP contribution in [0.15, 0.2) is 54.9 Å². The molecule has 0 atom stereocenters. The highest BCUT2D eigenvalue weighted by atomic mass is 35.5. The molecular weight excluding hydrogens is 336 g/mol. The van der Waals surface area contributed by atoms with E-state index in [2.05, 4.69) is 20.6 Å². The zero-order valence-electron chi connectivity index (χ0n) is 13.7. The van der Waals surface area contributed by atoms with E-state index in [4.69, 9.17) is 11.6 Å². The van der Waals surface area contributed by atoms with Crippen molar-refractivity contribution in [1.82, 2.24) is 15.3 Å². The van der Waals surface area contributed by atoms with Crippen molar-refractivity contribution in [3.05, 3.63) is 65.4 Å². The molecule has 0 unspecified atom stereocenters. The number of amides is 1. The largest absolute Gasteiger partial charge is 0.368 e. The summed E-state index contributed by atoms with van der Waals surface area (Å²) in [5, 5.41) is 7.81. The van der Waals surface area contributed by atoms with Gasteiger partial charge in [-0.25, -0.2) is 9.97 Å². The Morgan fingerprint density at radius 2 is 1.80 bits per heavy atom. The number of anilines is 1. The molecule has 3 aromatic rings. The van der Waals surface area contributed by atoms with Crippen LogP contribution in [-0.4, -0.2) is 29.0 Å². The number of halogens is 1. The van der Waals surface area contributed by atoms with Crippen molar-refractivity contribution in [3.8, 4) is 0 Å². The predicted molar refractivity (Wildman–Crippen MR) is 101 cm³/mol. The molecule has 2 N–H and O–H groups in total. The lowest BCUT2D eigenvalue weighted by Gasteiger charge is -2.09. The lowest BCUT2D eigenvalue weighted by molar-refractivity contribution is -0.120. The second kappa shape index (κ2) is 8.44. The van der Waals surface area contributed by atoms with Crippen molar-refractivity contribution in [2.45, 2.75) is 12.8 Å². The number of carbonyl (C=O) groups is 1. The summed E-state index contributed by atoms with van der Waals surface area (Å²) in [6, 6.07) is 15.4. The molecule has 0 bridgehead atoms. The molecule has 0 radical (unpaired) electrons. The first-order chi connectivity index (χ1) is 12.2. The van der Waals surface area contributed by atoms with Crippen molar-refractivity contribution in [1.29, 1.82) is 0 Å². The summed E-state index contributed by atoms with van der Waals surface area (Å²) in [6.07, 6.45) is 2.59. The van der Waals surface area contributed by atoms with Gasteiger partial charge in [-0.3, -0.25) is 4.79 Å². The van der Waals surface area contributed by atoms with Crippen LogP contribution in [0.3, 0.4) is 0 Å². The fourth-order valence-electron chi connectivity index (χ4n) is 2.57. The van der Waals surface area contributed by atoms with Crippen LogP contribution in [0.2, 0.25) is 5.02 Å². The third-order valence-corrected chi connectivity index (χ3v) is 4.23. The van der Waals surface area contributed by atoms with Gasteiger partial charge in [0.1, 0.15) is 12.1 Å². The first-order valence-electron chi connectivity index (χ1n) is 8.18. The Balaban J connectivity index is 1.43. The van der Waals surface area contributed by atoms with E-state index in [1.807, 2.05) is 48.5 Å². The number of hydrogen-bond acceptors (Lipinski definition) is 4. The van der Waals surface area contributed by atoms with Gasteiger partial charge in [0.2, 0.25) is 5.91 Å². The molecule has 128 valence electrons. The number of fused-ring (bicyclic) bond motifs is 1. The molecule has 2 aromatic carbocycles. The molecule has 0 spiro atoms. The topological polar surface area (TPSA) is 66.9 Å². The molecule has 6 heteroatoms. The summed E-state index contributed by atoms with van der Waals surface area (Å²) in [5.41, 5.74) is 1.88. The summed E-state index contributed by atoms with van der Waals surface area (Å²) in [7, 11) is 0. The molecule has 0 aliphatic carbocycles. The molecular formula is C19H19ClN4O. The number of nitrogens with zero attached hydrogens (tertiary/aromatic N) is 2. The summed E-state index contributed by atoms with van der Waals surface area (Å²) in [5.74, 6) is 0.783. The monoisotopic (exact) mass is 354 g/mol. The standard InChI is InChI=1S/C19H19ClN4O/c20-16-7-3-1-5-14(16)9-10-18(25)21-11-12-22-19-15-6-2-4-8-17(15)23-13-24-19/h1-8,13H,9-12H2,(H,21,25)(H,22,23,24). The Morgan fingerprint density at radius 1 is 1.00 bits per heavy atom. The van der Waals surface area contributed by atoms with E-state index < -0.39 is 0 Å². The number of aromatic nitrogens is 2. The van der Waals surface area contributed by atoms with Crippen LogP contribution in [0.4, 0.5) is 5.82 Å². The fraction of sp³-hybridized carbons (Fsp3) is 0.211. The van der Waals surface area contributed by atoms with Gasteiger partial charge in [-0.15, -0.1) is 0 Å². The van der Waals surface area contributed by atoms with Crippen molar-refractivity contribution in [3.63, 3.8) is 0 Å². The van der Waals surface area contributed by atoms with Crippen LogP contribution in [0.25, 0.3) is 10.9 Å². The fourth-order valence-corrected chi connectivity index (χ4v) is 2.80. The van der Waals surface area contributed by atoms with E-state index >= 15 is 0 Å². The van der Waals surface area contributed by atoms with Crippen molar-refractivity contribution in [2.24, 2.45) is 0 Å². The molecule has 0 aliphatic rings. The Kier molecular flexibility index (Phi) is 5.80. The van der Waals surface area contributed by atoms with E-state index in [1.165, 1.54) is 6.33 Å². The van der Waals surface area contributed by atoms with Crippen LogP contribution >= 0.6 is 11.6 Å². The lowest BCUT2D eigenvalue weighted by atomic mass is 10.1. The molecule has 1 aromatic heterocycles. The van der Waals surface area contributed by atoms with Gasteiger partial charge in [-0.05, 0) is 30.2 Å². The Bertz CT molecular complexity index is 863. The summed E-state index contributed by atoms with van der Waals surface area (Å²) >= 11 is 6.10. The number of benzene rings is 2. The minimum absolute atomic E-state index is 0.00858. The van der Waals surface area contributed by atoms with Crippen LogP contribution in [0.1, 0.15) is 12.0 Å². The number of aryl methyl sites for hydroxylation is 1. The highest BCUT2D eigenvalue weighted by molar-refractivity contribution is 6.31. The highest BCUT2D eigenvalue weighted by Gasteiger charge is 2.05. The minimum atomic E-state index is 0.00858. The van der Waals surface area contributed by atoms with Gasteiger partial charge < -0.3 is 10.6 Å². The second-order valence-electron chi connectivity index (χ2n) is 5.61. The summed E-state index contributed by atoms with van der Waals surface area (Å²) < 4.78 is 0. The highest BCUT2D eigenvalue weighted by Crippen LogP contribution is 2.18. The Labute approximate surface area is 151 Å². The quantitative estimate of drug-likeness (QED) is 0.638. The normalized spacial score (nSPS) is 10.6. The van der Waals surface area contributed by atoms with Gasteiger partial charge in [-0.2, -0.15) is 0 Å². The average Bonchev–Trinajstić information content (AvgIpc) is 2.64. The van der Waals surface area contributed by atoms with Gasteiger partial charge in [0.25, 0.3) is 0 Å². The van der Waals surface area contributed by atoms with Gasteiger partial charge in [0.05, 0.1) is 5.52 Å². The SMILES string of the molecule is O=C(CCc1ccccc1Cl)NCCNc1ncnc2ccccc12. The zero-order valence-corrected chi connectivity index (χ0v) is 14.5. The second-order valence-corrected chi connectivity index (χ2v) is 6.01. The maximum atomic E-state index is 11.9. The van der Waals surface area contributed by atoms with E-state index in [0.29, 0.717) is 31.0 Å². The maximum absolute atomic E-state index is 11.9. The number of carbonyl (C=O) groups excluding carboxylic acids is 1. The van der Waals surface area contributed by atoms with Crippen LogP contribution in [-0.2, 0) is 11.2 Å². The molecule has 3 rings (SSSR count). The Morgan fingerprint density at radius 3 is 2.68 bits per heavy atom.